The van der Waals surface area contributed by atoms with Crippen molar-refractivity contribution < 1.29 is 4.39 Å². The average molecular weight is 236 g/mol. The first-order valence-electron chi connectivity index (χ1n) is 5.06. The second kappa shape index (κ2) is 4.99. The molecule has 16 heavy (non-hydrogen) atoms. The van der Waals surface area contributed by atoms with E-state index in [1.165, 1.54) is 11.6 Å². The molecule has 1 aromatic heterocycles. The van der Waals surface area contributed by atoms with E-state index in [-0.39, 0.29) is 11.5 Å². The minimum absolute atomic E-state index is 0.188. The molecule has 3 N–H and O–H groups in total. The van der Waals surface area contributed by atoms with Crippen LogP contribution in [0.5, 0.6) is 0 Å². The first-order valence-corrected chi connectivity index (χ1v) is 6.00. The Bertz CT molecular complexity index is 454. The molecule has 84 valence electrons. The van der Waals surface area contributed by atoms with E-state index in [0.717, 1.165) is 13.0 Å². The zero-order chi connectivity index (χ0) is 11.4. The molecule has 2 nitrogen and oxygen atoms in total. The van der Waals surface area contributed by atoms with Crippen LogP contribution in [0.3, 0.4) is 0 Å². The predicted molar refractivity (Wildman–Crippen MR) is 67.3 cm³/mol. The van der Waals surface area contributed by atoms with Crippen molar-refractivity contribution in [3.8, 4) is 0 Å². The van der Waals surface area contributed by atoms with Crippen LogP contribution < -0.4 is 11.1 Å². The van der Waals surface area contributed by atoms with Crippen LogP contribution in [-0.4, -0.2) is 6.54 Å². The van der Waals surface area contributed by atoms with Gasteiger partial charge >= 0.3 is 0 Å². The van der Waals surface area contributed by atoms with E-state index in [1.54, 1.807) is 23.5 Å². The smallest absolute Gasteiger partial charge is 0.148 e. The predicted octanol–water partition coefficient (Wildman–Crippen LogP) is 3.12. The summed E-state index contributed by atoms with van der Waals surface area (Å²) in [6, 6.07) is 6.88. The molecular formula is C12H13FN2S. The average Bonchev–Trinajstić information content (AvgIpc) is 2.77. The SMILES string of the molecule is Nc1c(F)cccc1NCCc1ccsc1. The van der Waals surface area contributed by atoms with Gasteiger partial charge in [-0.05, 0) is 40.9 Å². The summed E-state index contributed by atoms with van der Waals surface area (Å²) >= 11 is 1.68. The number of rotatable bonds is 4. The number of hydrogen-bond acceptors (Lipinski definition) is 3. The third kappa shape index (κ3) is 2.52. The van der Waals surface area contributed by atoms with E-state index in [9.17, 15) is 4.39 Å². The van der Waals surface area contributed by atoms with Crippen molar-refractivity contribution in [1.29, 1.82) is 0 Å². The normalized spacial score (nSPS) is 10.3. The van der Waals surface area contributed by atoms with Crippen molar-refractivity contribution in [3.05, 3.63) is 46.4 Å². The molecule has 1 aromatic carbocycles. The van der Waals surface area contributed by atoms with E-state index < -0.39 is 0 Å². The van der Waals surface area contributed by atoms with Crippen LogP contribution in [0.2, 0.25) is 0 Å². The summed E-state index contributed by atoms with van der Waals surface area (Å²) in [5.41, 5.74) is 7.74. The van der Waals surface area contributed by atoms with Gasteiger partial charge in [0.15, 0.2) is 0 Å². The molecule has 2 aromatic rings. The number of halogens is 1. The zero-order valence-electron chi connectivity index (χ0n) is 8.74. The molecule has 1 heterocycles. The van der Waals surface area contributed by atoms with Gasteiger partial charge in [0, 0.05) is 6.54 Å². The van der Waals surface area contributed by atoms with E-state index in [4.69, 9.17) is 5.73 Å². The molecule has 0 unspecified atom stereocenters. The fourth-order valence-electron chi connectivity index (χ4n) is 1.47. The van der Waals surface area contributed by atoms with Gasteiger partial charge in [-0.1, -0.05) is 6.07 Å². The third-order valence-electron chi connectivity index (χ3n) is 2.36. The number of nitrogen functional groups attached to an aromatic ring is 1. The Labute approximate surface area is 97.9 Å². The molecule has 0 fully saturated rings. The van der Waals surface area contributed by atoms with E-state index in [0.29, 0.717) is 5.69 Å². The molecule has 0 amide bonds. The molecule has 0 saturated heterocycles. The third-order valence-corrected chi connectivity index (χ3v) is 3.09. The second-order valence-corrected chi connectivity index (χ2v) is 4.29. The zero-order valence-corrected chi connectivity index (χ0v) is 9.56. The lowest BCUT2D eigenvalue weighted by atomic mass is 10.2. The minimum atomic E-state index is -0.375. The number of thiophene rings is 1. The van der Waals surface area contributed by atoms with Crippen LogP contribution in [0.15, 0.2) is 35.0 Å². The number of nitrogens with two attached hydrogens (primary N) is 1. The Morgan fingerprint density at radius 1 is 1.31 bits per heavy atom. The number of para-hydroxylation sites is 1. The van der Waals surface area contributed by atoms with E-state index >= 15 is 0 Å². The van der Waals surface area contributed by atoms with Gasteiger partial charge in [-0.15, -0.1) is 0 Å². The molecular weight excluding hydrogens is 223 g/mol. The molecule has 0 aliphatic heterocycles. The van der Waals surface area contributed by atoms with Gasteiger partial charge < -0.3 is 11.1 Å². The summed E-state index contributed by atoms with van der Waals surface area (Å²) in [5.74, 6) is -0.375. The van der Waals surface area contributed by atoms with Crippen LogP contribution in [0.1, 0.15) is 5.56 Å². The van der Waals surface area contributed by atoms with Crippen LogP contribution in [0, 0.1) is 5.82 Å². The second-order valence-electron chi connectivity index (χ2n) is 3.51. The number of anilines is 2. The first kappa shape index (κ1) is 11.0. The summed E-state index contributed by atoms with van der Waals surface area (Å²) in [6.07, 6.45) is 0.916. The van der Waals surface area contributed by atoms with Crippen molar-refractivity contribution in [2.45, 2.75) is 6.42 Å². The first-order chi connectivity index (χ1) is 7.77. The topological polar surface area (TPSA) is 38.0 Å². The van der Waals surface area contributed by atoms with Gasteiger partial charge in [-0.3, -0.25) is 0 Å². The molecule has 0 aliphatic rings. The van der Waals surface area contributed by atoms with Crippen molar-refractivity contribution >= 4 is 22.7 Å². The fraction of sp³-hybridized carbons (Fsp3) is 0.167. The highest BCUT2D eigenvalue weighted by molar-refractivity contribution is 7.07. The summed E-state index contributed by atoms with van der Waals surface area (Å²) < 4.78 is 13.1. The van der Waals surface area contributed by atoms with E-state index in [2.05, 4.69) is 16.8 Å². The number of hydrogen-bond donors (Lipinski definition) is 2. The Morgan fingerprint density at radius 3 is 2.94 bits per heavy atom. The van der Waals surface area contributed by atoms with Crippen LogP contribution in [0.4, 0.5) is 15.8 Å². The van der Waals surface area contributed by atoms with Crippen LogP contribution in [-0.2, 0) is 6.42 Å². The molecule has 0 aliphatic carbocycles. The molecule has 0 saturated carbocycles. The van der Waals surface area contributed by atoms with Crippen LogP contribution >= 0.6 is 11.3 Å². The number of benzene rings is 1. The van der Waals surface area contributed by atoms with Gasteiger partial charge in [0.05, 0.1) is 11.4 Å². The van der Waals surface area contributed by atoms with Gasteiger partial charge in [-0.25, -0.2) is 4.39 Å². The largest absolute Gasteiger partial charge is 0.395 e. The lowest BCUT2D eigenvalue weighted by Gasteiger charge is -2.08. The Balaban J connectivity index is 1.92. The Kier molecular flexibility index (Phi) is 3.41. The van der Waals surface area contributed by atoms with Gasteiger partial charge in [0.1, 0.15) is 5.82 Å². The monoisotopic (exact) mass is 236 g/mol. The Morgan fingerprint density at radius 2 is 2.19 bits per heavy atom. The Hall–Kier alpha value is -1.55. The molecule has 2 rings (SSSR count). The van der Waals surface area contributed by atoms with Crippen LogP contribution in [0.25, 0.3) is 0 Å². The lowest BCUT2D eigenvalue weighted by molar-refractivity contribution is 0.633. The maximum atomic E-state index is 13.1. The van der Waals surface area contributed by atoms with Gasteiger partial charge in [0.2, 0.25) is 0 Å². The van der Waals surface area contributed by atoms with Gasteiger partial charge in [-0.2, -0.15) is 11.3 Å². The van der Waals surface area contributed by atoms with E-state index in [1.807, 2.05) is 5.38 Å². The maximum Gasteiger partial charge on any atom is 0.148 e. The summed E-state index contributed by atoms with van der Waals surface area (Å²) in [7, 11) is 0. The highest BCUT2D eigenvalue weighted by atomic mass is 32.1. The van der Waals surface area contributed by atoms with Crippen molar-refractivity contribution in [3.63, 3.8) is 0 Å². The minimum Gasteiger partial charge on any atom is -0.395 e. The summed E-state index contributed by atoms with van der Waals surface area (Å²) in [6.45, 7) is 0.754. The maximum absolute atomic E-state index is 13.1. The quantitative estimate of drug-likeness (QED) is 0.800. The van der Waals surface area contributed by atoms with Crippen molar-refractivity contribution in [1.82, 2.24) is 0 Å². The molecule has 4 heteroatoms. The molecule has 0 spiro atoms. The summed E-state index contributed by atoms with van der Waals surface area (Å²) in [4.78, 5) is 0. The van der Waals surface area contributed by atoms with Gasteiger partial charge in [0.25, 0.3) is 0 Å². The summed E-state index contributed by atoms with van der Waals surface area (Å²) in [5, 5.41) is 7.29. The van der Waals surface area contributed by atoms with Crippen molar-refractivity contribution in [2.24, 2.45) is 0 Å². The highest BCUT2D eigenvalue weighted by Gasteiger charge is 2.03. The molecule has 0 atom stereocenters. The standard InChI is InChI=1S/C12H13FN2S/c13-10-2-1-3-11(12(10)14)15-6-4-9-5-7-16-8-9/h1-3,5,7-8,15H,4,6,14H2. The fourth-order valence-corrected chi connectivity index (χ4v) is 2.17. The number of nitrogens with one attached hydrogen (secondary N) is 1. The lowest BCUT2D eigenvalue weighted by Crippen LogP contribution is -2.07. The molecule has 0 bridgehead atoms. The van der Waals surface area contributed by atoms with Crippen molar-refractivity contribution in [2.75, 3.05) is 17.6 Å². The molecule has 0 radical (unpaired) electrons. The highest BCUT2D eigenvalue weighted by Crippen LogP contribution is 2.21.